The summed E-state index contributed by atoms with van der Waals surface area (Å²) >= 11 is 0. The third kappa shape index (κ3) is 5.65. The maximum Gasteiger partial charge on any atom is 1.00 e. The molecule has 0 saturated carbocycles. The van der Waals surface area contributed by atoms with Gasteiger partial charge in [-0.2, -0.15) is 0 Å². The van der Waals surface area contributed by atoms with Crippen molar-refractivity contribution in [2.75, 3.05) is 0 Å². The first-order chi connectivity index (χ1) is 5.24. The molecule has 0 unspecified atom stereocenters. The molecule has 2 saturated heterocycles. The fourth-order valence-electron chi connectivity index (χ4n) is 0.728. The molecule has 0 aromatic rings. The molecule has 2 heterocycles. The fraction of sp³-hybridized carbons (Fsp3) is 0. The van der Waals surface area contributed by atoms with E-state index >= 15 is 0 Å². The van der Waals surface area contributed by atoms with Gasteiger partial charge >= 0.3 is 58.8 Å². The van der Waals surface area contributed by atoms with Crippen LogP contribution >= 0.6 is 0 Å². The van der Waals surface area contributed by atoms with E-state index in [9.17, 15) is 0 Å². The summed E-state index contributed by atoms with van der Waals surface area (Å²) in [6, 6.07) is 0. The first-order valence-corrected chi connectivity index (χ1v) is 2.87. The first kappa shape index (κ1) is 21.2. The standard InChI is InChI=1S/B4H2O7.Na.3H2O.H/c5-1-7-3-9-2(6)10-4(8-1)11-3;;;;;/h5-6H;;3*1H2;/q;+1;;;;-1. The number of hydrogen-bond acceptors (Lipinski definition) is 7. The average Bonchev–Trinajstić information content (AvgIpc) is 1.82. The van der Waals surface area contributed by atoms with E-state index in [0.29, 0.717) is 0 Å². The molecule has 0 spiro atoms. The molecular weight excluding hydrogens is 226 g/mol. The molecule has 15 heavy (non-hydrogen) atoms. The Morgan fingerprint density at radius 1 is 0.667 bits per heavy atom. The van der Waals surface area contributed by atoms with Crippen molar-refractivity contribution in [3.05, 3.63) is 0 Å². The summed E-state index contributed by atoms with van der Waals surface area (Å²) in [5.41, 5.74) is 0. The van der Waals surface area contributed by atoms with Crippen molar-refractivity contribution in [2.24, 2.45) is 0 Å². The minimum absolute atomic E-state index is 0. The van der Waals surface area contributed by atoms with Crippen LogP contribution in [0.1, 0.15) is 1.43 Å². The van der Waals surface area contributed by atoms with Gasteiger partial charge in [-0.25, -0.2) is 0 Å². The van der Waals surface area contributed by atoms with Crippen LogP contribution in [0, 0.1) is 0 Å². The second-order valence-corrected chi connectivity index (χ2v) is 1.87. The van der Waals surface area contributed by atoms with Crippen LogP contribution in [0.25, 0.3) is 0 Å². The number of fused-ring (bicyclic) bond motifs is 2. The molecular formula is H9B4NaO10. The minimum atomic E-state index is -1.45. The van der Waals surface area contributed by atoms with Gasteiger partial charge < -0.3 is 50.8 Å². The average molecular weight is 235 g/mol. The van der Waals surface area contributed by atoms with Gasteiger partial charge in [0, 0.05) is 0 Å². The zero-order valence-electron chi connectivity index (χ0n) is 8.75. The summed E-state index contributed by atoms with van der Waals surface area (Å²) in [5, 5.41) is 17.5. The Hall–Kier alpha value is 0.860. The van der Waals surface area contributed by atoms with Gasteiger partial charge in [-0.3, -0.25) is 0 Å². The van der Waals surface area contributed by atoms with Crippen LogP contribution in [0.2, 0.25) is 0 Å². The number of hydrogen-bond donors (Lipinski definition) is 2. The predicted molar refractivity (Wildman–Crippen MR) is 44.8 cm³/mol. The van der Waals surface area contributed by atoms with Crippen LogP contribution in [0.15, 0.2) is 0 Å². The molecule has 2 bridgehead atoms. The Kier molecular flexibility index (Phi) is 12.6. The third-order valence-corrected chi connectivity index (χ3v) is 1.13. The van der Waals surface area contributed by atoms with Crippen LogP contribution in [0.5, 0.6) is 0 Å². The van der Waals surface area contributed by atoms with Crippen molar-refractivity contribution in [3.63, 3.8) is 0 Å². The Morgan fingerprint density at radius 2 is 0.933 bits per heavy atom. The van der Waals surface area contributed by atoms with E-state index in [1.54, 1.807) is 0 Å². The fourth-order valence-corrected chi connectivity index (χ4v) is 0.728. The van der Waals surface area contributed by atoms with E-state index in [1.807, 2.05) is 0 Å². The van der Waals surface area contributed by atoms with Crippen molar-refractivity contribution < 1.29 is 80.3 Å². The topological polar surface area (TPSA) is 181 Å². The second kappa shape index (κ2) is 8.95. The van der Waals surface area contributed by atoms with Crippen LogP contribution < -0.4 is 29.6 Å². The first-order valence-electron chi connectivity index (χ1n) is 2.87. The molecule has 10 nitrogen and oxygen atoms in total. The van der Waals surface area contributed by atoms with Gasteiger partial charge in [0.1, 0.15) is 0 Å². The van der Waals surface area contributed by atoms with Crippen LogP contribution in [-0.4, -0.2) is 55.8 Å². The molecule has 0 amide bonds. The monoisotopic (exact) mass is 236 g/mol. The van der Waals surface area contributed by atoms with Gasteiger partial charge in [0.15, 0.2) is 0 Å². The van der Waals surface area contributed by atoms with Gasteiger partial charge in [-0.15, -0.1) is 0 Å². The summed E-state index contributed by atoms with van der Waals surface area (Å²) in [6.07, 6.45) is 0. The Balaban J connectivity index is -0.000000144. The number of rotatable bonds is 0. The van der Waals surface area contributed by atoms with Crippen LogP contribution in [0.4, 0.5) is 0 Å². The van der Waals surface area contributed by atoms with E-state index in [1.165, 1.54) is 0 Å². The van der Waals surface area contributed by atoms with E-state index in [-0.39, 0.29) is 47.4 Å². The molecule has 0 atom stereocenters. The van der Waals surface area contributed by atoms with Gasteiger partial charge in [0.05, 0.1) is 0 Å². The molecule has 0 aliphatic carbocycles. The molecule has 82 valence electrons. The smallest absolute Gasteiger partial charge is 1.00 e. The zero-order valence-corrected chi connectivity index (χ0v) is 9.75. The van der Waals surface area contributed by atoms with Gasteiger partial charge in [-0.1, -0.05) is 0 Å². The Morgan fingerprint density at radius 3 is 1.20 bits per heavy atom. The third-order valence-electron chi connectivity index (χ3n) is 1.13. The van der Waals surface area contributed by atoms with Crippen molar-refractivity contribution >= 4 is 29.3 Å². The molecule has 15 heteroatoms. The molecule has 2 aliphatic heterocycles. The molecule has 0 radical (unpaired) electrons. The Bertz CT molecular complexity index is 128. The van der Waals surface area contributed by atoms with Crippen LogP contribution in [-0.2, 0) is 22.9 Å². The quantitative estimate of drug-likeness (QED) is 0.390. The van der Waals surface area contributed by atoms with Crippen molar-refractivity contribution in [2.45, 2.75) is 0 Å². The van der Waals surface area contributed by atoms with Crippen molar-refractivity contribution in [1.29, 1.82) is 0 Å². The van der Waals surface area contributed by atoms with E-state index < -0.39 is 29.3 Å². The molecule has 8 N–H and O–H groups in total. The summed E-state index contributed by atoms with van der Waals surface area (Å²) in [5.74, 6) is 0. The van der Waals surface area contributed by atoms with Gasteiger partial charge in [-0.05, 0) is 0 Å². The molecule has 2 aliphatic rings. The summed E-state index contributed by atoms with van der Waals surface area (Å²) in [6.45, 7) is 0. The normalized spacial score (nSPS) is 18.0. The molecule has 2 rings (SSSR count). The second-order valence-electron chi connectivity index (χ2n) is 1.87. The van der Waals surface area contributed by atoms with Crippen molar-refractivity contribution in [3.8, 4) is 0 Å². The Labute approximate surface area is 110 Å². The molecule has 0 aromatic carbocycles. The predicted octanol–water partition coefficient (Wildman–Crippen LogP) is -8.34. The summed E-state index contributed by atoms with van der Waals surface area (Å²) < 4.78 is 22.6. The minimum Gasteiger partial charge on any atom is -1.00 e. The van der Waals surface area contributed by atoms with Crippen molar-refractivity contribution in [1.82, 2.24) is 0 Å². The maximum atomic E-state index is 8.74. The van der Waals surface area contributed by atoms with E-state index in [0.717, 1.165) is 0 Å². The summed E-state index contributed by atoms with van der Waals surface area (Å²) in [4.78, 5) is 0. The molecule has 0 aromatic heterocycles. The van der Waals surface area contributed by atoms with Crippen LogP contribution in [0.3, 0.4) is 0 Å². The summed E-state index contributed by atoms with van der Waals surface area (Å²) in [7, 11) is -5.20. The SMILES string of the molecule is O.O.O.OB1OB2OB(O)OB(O1)O2.[H-].[Na+]. The van der Waals surface area contributed by atoms with E-state index in [4.69, 9.17) is 10.0 Å². The maximum absolute atomic E-state index is 8.74. The molecule has 2 fully saturated rings. The van der Waals surface area contributed by atoms with E-state index in [2.05, 4.69) is 22.9 Å². The van der Waals surface area contributed by atoms with Gasteiger partial charge in [0.2, 0.25) is 0 Å². The largest absolute Gasteiger partial charge is 1.00 e. The van der Waals surface area contributed by atoms with Gasteiger partial charge in [0.25, 0.3) is 0 Å². The zero-order chi connectivity index (χ0) is 7.84.